The lowest BCUT2D eigenvalue weighted by Gasteiger charge is -2.10. The monoisotopic (exact) mass is 380 g/mol. The van der Waals surface area contributed by atoms with Gasteiger partial charge in [-0.15, -0.1) is 0 Å². The number of aromatic hydroxyl groups is 1. The number of nitrogens with zero attached hydrogens (tertiary/aromatic N) is 3. The molecule has 8 heteroatoms. The second-order valence-corrected chi connectivity index (χ2v) is 6.19. The van der Waals surface area contributed by atoms with Crippen LogP contribution in [0.2, 0.25) is 5.15 Å². The molecule has 0 radical (unpaired) electrons. The molecule has 27 heavy (non-hydrogen) atoms. The molecule has 134 valence electrons. The van der Waals surface area contributed by atoms with E-state index in [1.807, 2.05) is 0 Å². The highest BCUT2D eigenvalue weighted by molar-refractivity contribution is 6.33. The van der Waals surface area contributed by atoms with Crippen LogP contribution < -0.4 is 5.32 Å². The van der Waals surface area contributed by atoms with Gasteiger partial charge in [-0.1, -0.05) is 11.6 Å². The molecule has 3 aromatic heterocycles. The van der Waals surface area contributed by atoms with Crippen molar-refractivity contribution in [2.75, 3.05) is 5.32 Å². The number of aromatic nitrogens is 3. The van der Waals surface area contributed by atoms with Crippen molar-refractivity contribution < 1.29 is 14.3 Å². The normalized spacial score (nSPS) is 10.9. The lowest BCUT2D eigenvalue weighted by atomic mass is 10.1. The van der Waals surface area contributed by atoms with Gasteiger partial charge in [0.1, 0.15) is 10.9 Å². The number of rotatable bonds is 3. The minimum Gasteiger partial charge on any atom is -0.507 e. The Morgan fingerprint density at radius 2 is 1.96 bits per heavy atom. The van der Waals surface area contributed by atoms with E-state index >= 15 is 0 Å². The van der Waals surface area contributed by atoms with Crippen molar-refractivity contribution >= 4 is 34.4 Å². The number of phenolic OH excluding ortho intramolecular Hbond substituents is 1. The molecule has 0 fully saturated rings. The van der Waals surface area contributed by atoms with Gasteiger partial charge in [0.25, 0.3) is 5.91 Å². The van der Waals surface area contributed by atoms with Gasteiger partial charge in [-0.2, -0.15) is 4.98 Å². The number of hydrogen-bond donors (Lipinski definition) is 2. The van der Waals surface area contributed by atoms with Gasteiger partial charge < -0.3 is 14.8 Å². The molecule has 0 aliphatic rings. The Balaban J connectivity index is 1.73. The van der Waals surface area contributed by atoms with Crippen molar-refractivity contribution in [2.24, 2.45) is 0 Å². The second-order valence-electron chi connectivity index (χ2n) is 5.83. The van der Waals surface area contributed by atoms with Crippen molar-refractivity contribution in [1.29, 1.82) is 0 Å². The highest BCUT2D eigenvalue weighted by Gasteiger charge is 2.18. The minimum absolute atomic E-state index is 0.0129. The number of anilines is 1. The van der Waals surface area contributed by atoms with Gasteiger partial charge in [0.15, 0.2) is 11.2 Å². The van der Waals surface area contributed by atoms with Crippen molar-refractivity contribution in [2.45, 2.75) is 6.92 Å². The van der Waals surface area contributed by atoms with E-state index in [1.54, 1.807) is 49.5 Å². The number of fused-ring (bicyclic) bond motifs is 1. The molecule has 1 amide bonds. The predicted molar refractivity (Wildman–Crippen MR) is 101 cm³/mol. The fourth-order valence-corrected chi connectivity index (χ4v) is 2.86. The molecule has 0 aliphatic carbocycles. The average molecular weight is 381 g/mol. The molecule has 4 rings (SSSR count). The number of aryl methyl sites for hydroxylation is 1. The van der Waals surface area contributed by atoms with E-state index in [0.29, 0.717) is 28.0 Å². The van der Waals surface area contributed by atoms with Crippen LogP contribution in [-0.4, -0.2) is 26.0 Å². The van der Waals surface area contributed by atoms with E-state index in [0.717, 1.165) is 0 Å². The van der Waals surface area contributed by atoms with E-state index in [-0.39, 0.29) is 22.4 Å². The number of halogens is 1. The summed E-state index contributed by atoms with van der Waals surface area (Å²) in [5.41, 5.74) is 2.54. The summed E-state index contributed by atoms with van der Waals surface area (Å²) in [6.07, 6.45) is 3.11. The number of hydrogen-bond acceptors (Lipinski definition) is 6. The van der Waals surface area contributed by atoms with Crippen LogP contribution in [0, 0.1) is 6.92 Å². The van der Waals surface area contributed by atoms with E-state index in [1.165, 1.54) is 6.20 Å². The Morgan fingerprint density at radius 1 is 1.19 bits per heavy atom. The number of carbonyl (C=O) groups is 1. The Kier molecular flexibility index (Phi) is 4.21. The highest BCUT2D eigenvalue weighted by Crippen LogP contribution is 2.35. The maximum absolute atomic E-state index is 12.5. The number of nitrogens with one attached hydrogen (secondary N) is 1. The lowest BCUT2D eigenvalue weighted by molar-refractivity contribution is 0.102. The molecule has 0 unspecified atom stereocenters. The van der Waals surface area contributed by atoms with Gasteiger partial charge in [0, 0.05) is 18.1 Å². The SMILES string of the molecule is Cc1cc(NC(=O)c2cccnc2Cl)cc(-c2nc3ncccc3o2)c1O. The molecule has 4 aromatic rings. The fourth-order valence-electron chi connectivity index (χ4n) is 2.65. The van der Waals surface area contributed by atoms with Crippen LogP contribution in [0.1, 0.15) is 15.9 Å². The van der Waals surface area contributed by atoms with Gasteiger partial charge in [0.05, 0.1) is 11.1 Å². The topological polar surface area (TPSA) is 101 Å². The number of pyridine rings is 2. The molecule has 1 aromatic carbocycles. The van der Waals surface area contributed by atoms with Crippen molar-refractivity contribution in [3.8, 4) is 17.2 Å². The van der Waals surface area contributed by atoms with Crippen LogP contribution in [0.5, 0.6) is 5.75 Å². The average Bonchev–Trinajstić information content (AvgIpc) is 3.08. The third-order valence-electron chi connectivity index (χ3n) is 3.96. The fraction of sp³-hybridized carbons (Fsp3) is 0.0526. The molecule has 0 aliphatic heterocycles. The Bertz CT molecular complexity index is 1140. The number of carbonyl (C=O) groups excluding carboxylic acids is 1. The predicted octanol–water partition coefficient (Wildman–Crippen LogP) is 4.20. The van der Waals surface area contributed by atoms with Gasteiger partial charge in [-0.05, 0) is 48.9 Å². The van der Waals surface area contributed by atoms with Crippen LogP contribution in [0.3, 0.4) is 0 Å². The van der Waals surface area contributed by atoms with Gasteiger partial charge in [-0.3, -0.25) is 4.79 Å². The smallest absolute Gasteiger partial charge is 0.258 e. The summed E-state index contributed by atoms with van der Waals surface area (Å²) in [6.45, 7) is 1.71. The first-order valence-corrected chi connectivity index (χ1v) is 8.38. The Morgan fingerprint density at radius 3 is 2.74 bits per heavy atom. The van der Waals surface area contributed by atoms with Crippen LogP contribution in [0.15, 0.2) is 53.2 Å². The van der Waals surface area contributed by atoms with Crippen LogP contribution in [0.25, 0.3) is 22.7 Å². The molecular formula is C19H13ClN4O3. The zero-order valence-corrected chi connectivity index (χ0v) is 14.9. The van der Waals surface area contributed by atoms with Crippen molar-refractivity contribution in [3.63, 3.8) is 0 Å². The highest BCUT2D eigenvalue weighted by atomic mass is 35.5. The molecule has 3 heterocycles. The second kappa shape index (κ2) is 6.69. The Labute approximate surface area is 158 Å². The number of oxazole rings is 1. The zero-order chi connectivity index (χ0) is 19.0. The largest absolute Gasteiger partial charge is 0.507 e. The van der Waals surface area contributed by atoms with E-state index < -0.39 is 5.91 Å². The van der Waals surface area contributed by atoms with E-state index in [2.05, 4.69) is 20.3 Å². The van der Waals surface area contributed by atoms with Crippen molar-refractivity contribution in [1.82, 2.24) is 15.0 Å². The van der Waals surface area contributed by atoms with E-state index in [9.17, 15) is 9.90 Å². The molecule has 0 bridgehead atoms. The molecule has 0 saturated heterocycles. The van der Waals surface area contributed by atoms with E-state index in [4.69, 9.17) is 16.0 Å². The maximum Gasteiger partial charge on any atom is 0.258 e. The summed E-state index contributed by atoms with van der Waals surface area (Å²) >= 11 is 5.97. The van der Waals surface area contributed by atoms with Gasteiger partial charge in [0.2, 0.25) is 5.89 Å². The molecule has 0 saturated carbocycles. The summed E-state index contributed by atoms with van der Waals surface area (Å²) in [4.78, 5) is 24.8. The third kappa shape index (κ3) is 3.20. The third-order valence-corrected chi connectivity index (χ3v) is 4.26. The number of benzene rings is 1. The quantitative estimate of drug-likeness (QED) is 0.408. The first-order chi connectivity index (χ1) is 13.0. The summed E-state index contributed by atoms with van der Waals surface area (Å²) in [6, 6.07) is 9.89. The van der Waals surface area contributed by atoms with Crippen LogP contribution in [0.4, 0.5) is 5.69 Å². The standard InChI is InChI=1S/C19H13ClN4O3/c1-10-8-11(23-18(26)12-4-2-6-21-16(12)20)9-13(15(10)25)19-24-17-14(27-19)5-3-7-22-17/h2-9,25H,1H3,(H,23,26). The number of phenols is 1. The molecule has 0 atom stereocenters. The minimum atomic E-state index is -0.414. The number of amides is 1. The summed E-state index contributed by atoms with van der Waals surface area (Å²) < 4.78 is 5.68. The summed E-state index contributed by atoms with van der Waals surface area (Å²) in [7, 11) is 0. The van der Waals surface area contributed by atoms with Crippen LogP contribution in [-0.2, 0) is 0 Å². The zero-order valence-electron chi connectivity index (χ0n) is 14.1. The molecule has 7 nitrogen and oxygen atoms in total. The molecule has 2 N–H and O–H groups in total. The molecule has 0 spiro atoms. The van der Waals surface area contributed by atoms with Gasteiger partial charge >= 0.3 is 0 Å². The first-order valence-electron chi connectivity index (χ1n) is 8.00. The van der Waals surface area contributed by atoms with Crippen LogP contribution >= 0.6 is 11.6 Å². The maximum atomic E-state index is 12.5. The lowest BCUT2D eigenvalue weighted by Crippen LogP contribution is -2.13. The Hall–Kier alpha value is -3.45. The van der Waals surface area contributed by atoms with Crippen molar-refractivity contribution in [3.05, 3.63) is 65.1 Å². The summed E-state index contributed by atoms with van der Waals surface area (Å²) in [5.74, 6) is -0.192. The van der Waals surface area contributed by atoms with Gasteiger partial charge in [-0.25, -0.2) is 9.97 Å². The summed E-state index contributed by atoms with van der Waals surface area (Å²) in [5, 5.41) is 13.3. The molecular weight excluding hydrogens is 368 g/mol. The first kappa shape index (κ1) is 17.0.